The number of para-hydroxylation sites is 1. The van der Waals surface area contributed by atoms with E-state index in [1.54, 1.807) is 36.5 Å². The van der Waals surface area contributed by atoms with Crippen LogP contribution in [0.1, 0.15) is 32.3 Å². The van der Waals surface area contributed by atoms with E-state index in [1.165, 1.54) is 16.1 Å². The van der Waals surface area contributed by atoms with E-state index in [-0.39, 0.29) is 36.3 Å². The van der Waals surface area contributed by atoms with Gasteiger partial charge in [-0.3, -0.25) is 4.98 Å². The average molecular weight is 583 g/mol. The van der Waals surface area contributed by atoms with Gasteiger partial charge in [-0.25, -0.2) is 13.0 Å². The Balaban J connectivity index is 0.00000151. The minimum absolute atomic E-state index is 0.0253. The van der Waals surface area contributed by atoms with Crippen molar-refractivity contribution < 1.29 is 18.2 Å². The van der Waals surface area contributed by atoms with Crippen molar-refractivity contribution in [3.05, 3.63) is 83.5 Å². The standard InChI is InChI=1S/C26H21ClN4O4S2.C2H6/c27-19-7-2-6-18(16-19)26(32)11-14-31(15-12-26)37(33,34)22-10-9-21(24-25(22)30-35-29-24)36-20-8-1-4-17-5-3-13-28-23(17)20;1-2/h1-10,13,16,32H,11-12,14-15H2;1-2H3. The summed E-state index contributed by atoms with van der Waals surface area (Å²) < 4.78 is 33.6. The Labute approximate surface area is 236 Å². The van der Waals surface area contributed by atoms with Gasteiger partial charge >= 0.3 is 0 Å². The molecule has 3 heterocycles. The van der Waals surface area contributed by atoms with Crippen molar-refractivity contribution in [1.82, 2.24) is 19.6 Å². The summed E-state index contributed by atoms with van der Waals surface area (Å²) in [7, 11) is -3.91. The predicted octanol–water partition coefficient (Wildman–Crippen LogP) is 6.27. The fraction of sp³-hybridized carbons (Fsp3) is 0.250. The van der Waals surface area contributed by atoms with Crippen LogP contribution in [0.5, 0.6) is 0 Å². The van der Waals surface area contributed by atoms with Gasteiger partial charge in [0.2, 0.25) is 10.0 Å². The number of fused-ring (bicyclic) bond motifs is 2. The predicted molar refractivity (Wildman–Crippen MR) is 152 cm³/mol. The number of piperidine rings is 1. The fourth-order valence-electron chi connectivity index (χ4n) is 4.69. The first-order valence-corrected chi connectivity index (χ1v) is 15.2. The SMILES string of the molecule is CC.O=S(=O)(c1ccc(Sc2cccc3cccnc23)c2nonc12)N1CCC(O)(c2cccc(Cl)c2)CC1. The van der Waals surface area contributed by atoms with Crippen molar-refractivity contribution in [2.24, 2.45) is 0 Å². The molecule has 8 nitrogen and oxygen atoms in total. The maximum atomic E-state index is 13.6. The van der Waals surface area contributed by atoms with E-state index in [9.17, 15) is 13.5 Å². The molecule has 202 valence electrons. The summed E-state index contributed by atoms with van der Waals surface area (Å²) in [5, 5.41) is 20.7. The number of hydrogen-bond acceptors (Lipinski definition) is 8. The van der Waals surface area contributed by atoms with Gasteiger partial charge in [0.1, 0.15) is 4.90 Å². The highest BCUT2D eigenvalue weighted by molar-refractivity contribution is 7.99. The Morgan fingerprint density at radius 1 is 0.923 bits per heavy atom. The summed E-state index contributed by atoms with van der Waals surface area (Å²) in [6, 6.07) is 20.1. The highest BCUT2D eigenvalue weighted by atomic mass is 35.5. The van der Waals surface area contributed by atoms with Crippen LogP contribution in [0.4, 0.5) is 0 Å². The third-order valence-electron chi connectivity index (χ3n) is 6.69. The number of sulfonamides is 1. The van der Waals surface area contributed by atoms with Crippen molar-refractivity contribution in [2.45, 2.75) is 47.0 Å². The fourth-order valence-corrected chi connectivity index (χ4v) is 7.46. The lowest BCUT2D eigenvalue weighted by atomic mass is 9.85. The monoisotopic (exact) mass is 582 g/mol. The number of hydrogen-bond donors (Lipinski definition) is 1. The van der Waals surface area contributed by atoms with E-state index in [4.69, 9.17) is 16.2 Å². The van der Waals surface area contributed by atoms with E-state index in [2.05, 4.69) is 15.3 Å². The van der Waals surface area contributed by atoms with Crippen LogP contribution >= 0.6 is 23.4 Å². The van der Waals surface area contributed by atoms with Crippen LogP contribution in [-0.2, 0) is 15.6 Å². The molecule has 1 fully saturated rings. The van der Waals surface area contributed by atoms with Crippen LogP contribution in [0.15, 0.2) is 92.2 Å². The Morgan fingerprint density at radius 2 is 1.62 bits per heavy atom. The van der Waals surface area contributed by atoms with Gasteiger partial charge in [0.25, 0.3) is 0 Å². The molecule has 0 bridgehead atoms. The molecule has 1 saturated heterocycles. The molecule has 5 aromatic rings. The molecule has 6 rings (SSSR count). The number of benzene rings is 3. The molecule has 0 spiro atoms. The molecule has 11 heteroatoms. The van der Waals surface area contributed by atoms with Crippen molar-refractivity contribution in [3.8, 4) is 0 Å². The molecular weight excluding hydrogens is 556 g/mol. The van der Waals surface area contributed by atoms with Crippen LogP contribution < -0.4 is 0 Å². The zero-order valence-corrected chi connectivity index (χ0v) is 23.8. The largest absolute Gasteiger partial charge is 0.385 e. The van der Waals surface area contributed by atoms with Crippen molar-refractivity contribution >= 4 is 55.3 Å². The number of aliphatic hydroxyl groups is 1. The molecule has 0 unspecified atom stereocenters. The smallest absolute Gasteiger partial charge is 0.245 e. The molecule has 0 amide bonds. The van der Waals surface area contributed by atoms with Crippen LogP contribution in [-0.4, -0.2) is 46.2 Å². The first-order chi connectivity index (χ1) is 18.8. The molecule has 0 saturated carbocycles. The van der Waals surface area contributed by atoms with Crippen molar-refractivity contribution in [1.29, 1.82) is 0 Å². The second-order valence-corrected chi connectivity index (χ2v) is 12.3. The normalized spacial score (nSPS) is 15.7. The molecule has 0 atom stereocenters. The van der Waals surface area contributed by atoms with Gasteiger partial charge < -0.3 is 5.11 Å². The zero-order chi connectivity index (χ0) is 27.6. The summed E-state index contributed by atoms with van der Waals surface area (Å²) in [5.41, 5.74) is 0.927. The van der Waals surface area contributed by atoms with Crippen molar-refractivity contribution in [2.75, 3.05) is 13.1 Å². The molecular formula is C28H27ClN4O4S2. The lowest BCUT2D eigenvalue weighted by Crippen LogP contribution is -2.45. The van der Waals surface area contributed by atoms with Gasteiger partial charge in [-0.2, -0.15) is 4.31 Å². The molecule has 1 aliphatic heterocycles. The lowest BCUT2D eigenvalue weighted by molar-refractivity contribution is -0.00960. The first-order valence-electron chi connectivity index (χ1n) is 12.6. The topological polar surface area (TPSA) is 109 Å². The molecule has 0 aliphatic carbocycles. The molecule has 2 aromatic heterocycles. The van der Waals surface area contributed by atoms with Gasteiger partial charge in [0, 0.05) is 39.5 Å². The van der Waals surface area contributed by atoms with Gasteiger partial charge in [0.05, 0.1) is 11.1 Å². The number of nitrogens with zero attached hydrogens (tertiary/aromatic N) is 4. The summed E-state index contributed by atoms with van der Waals surface area (Å²) in [5.74, 6) is 0. The number of rotatable bonds is 5. The number of halogens is 1. The molecule has 39 heavy (non-hydrogen) atoms. The zero-order valence-electron chi connectivity index (χ0n) is 21.4. The summed E-state index contributed by atoms with van der Waals surface area (Å²) in [4.78, 5) is 6.14. The quantitative estimate of drug-likeness (QED) is 0.258. The summed E-state index contributed by atoms with van der Waals surface area (Å²) in [6.45, 7) is 4.30. The highest BCUT2D eigenvalue weighted by Crippen LogP contribution is 2.39. The Hall–Kier alpha value is -3.02. The molecule has 1 aliphatic rings. The second-order valence-electron chi connectivity index (χ2n) is 8.90. The van der Waals surface area contributed by atoms with Gasteiger partial charge in [-0.1, -0.05) is 67.5 Å². The minimum Gasteiger partial charge on any atom is -0.385 e. The Kier molecular flexibility index (Phi) is 7.93. The van der Waals surface area contributed by atoms with E-state index >= 15 is 0 Å². The number of aromatic nitrogens is 3. The van der Waals surface area contributed by atoms with Gasteiger partial charge in [-0.15, -0.1) is 0 Å². The maximum Gasteiger partial charge on any atom is 0.245 e. The third kappa shape index (κ3) is 5.27. The Morgan fingerprint density at radius 3 is 2.38 bits per heavy atom. The summed E-state index contributed by atoms with van der Waals surface area (Å²) >= 11 is 7.53. The van der Waals surface area contributed by atoms with E-state index in [0.29, 0.717) is 21.0 Å². The second kappa shape index (κ2) is 11.2. The minimum atomic E-state index is -3.91. The van der Waals surface area contributed by atoms with Crippen LogP contribution in [0, 0.1) is 0 Å². The first kappa shape index (κ1) is 27.5. The maximum absolute atomic E-state index is 13.6. The molecule has 0 radical (unpaired) electrons. The van der Waals surface area contributed by atoms with Crippen LogP contribution in [0.25, 0.3) is 21.9 Å². The molecule has 3 aromatic carbocycles. The van der Waals surface area contributed by atoms with Crippen molar-refractivity contribution in [3.63, 3.8) is 0 Å². The highest BCUT2D eigenvalue weighted by Gasteiger charge is 2.39. The number of pyridine rings is 1. The van der Waals surface area contributed by atoms with Crippen LogP contribution in [0.2, 0.25) is 5.02 Å². The molecule has 1 N–H and O–H groups in total. The van der Waals surface area contributed by atoms with E-state index in [0.717, 1.165) is 15.8 Å². The van der Waals surface area contributed by atoms with Gasteiger partial charge in [0.15, 0.2) is 11.0 Å². The third-order valence-corrected chi connectivity index (χ3v) is 9.95. The lowest BCUT2D eigenvalue weighted by Gasteiger charge is -2.38. The van der Waals surface area contributed by atoms with Crippen LogP contribution in [0.3, 0.4) is 0 Å². The van der Waals surface area contributed by atoms with Gasteiger partial charge in [-0.05, 0) is 65.1 Å². The summed E-state index contributed by atoms with van der Waals surface area (Å²) in [6.07, 6.45) is 2.23. The van der Waals surface area contributed by atoms with E-state index < -0.39 is 15.6 Å². The Bertz CT molecular complexity index is 1730. The van der Waals surface area contributed by atoms with E-state index in [1.807, 2.05) is 50.2 Å². The average Bonchev–Trinajstić information content (AvgIpc) is 3.45.